The molecule has 10 nitrogen and oxygen atoms in total. The minimum atomic E-state index is -1.65. The Morgan fingerprint density at radius 1 is 1.50 bits per heavy atom. The molecule has 0 saturated heterocycles. The molecule has 1 aromatic carbocycles. The first-order chi connectivity index (χ1) is 12.4. The van der Waals surface area contributed by atoms with Gasteiger partial charge in [-0.1, -0.05) is 6.92 Å². The first-order valence-corrected chi connectivity index (χ1v) is 7.71. The summed E-state index contributed by atoms with van der Waals surface area (Å²) in [6.07, 6.45) is 0.476. The van der Waals surface area contributed by atoms with Crippen LogP contribution in [-0.4, -0.2) is 21.0 Å². The molecule has 0 unspecified atom stereocenters. The smallest absolute Gasteiger partial charge is 0.269 e. The van der Waals surface area contributed by atoms with Gasteiger partial charge in [0.1, 0.15) is 17.1 Å². The zero-order valence-corrected chi connectivity index (χ0v) is 13.5. The summed E-state index contributed by atoms with van der Waals surface area (Å²) in [7, 11) is 0. The number of nitriles is 1. The lowest BCUT2D eigenvalue weighted by atomic mass is 9.68. The van der Waals surface area contributed by atoms with Crippen molar-refractivity contribution in [2.75, 3.05) is 5.32 Å². The normalized spacial score (nSPS) is 20.2. The van der Waals surface area contributed by atoms with Gasteiger partial charge in [0, 0.05) is 29.1 Å². The molecule has 130 valence electrons. The number of aryl methyl sites for hydroxylation is 1. The van der Waals surface area contributed by atoms with Crippen LogP contribution in [0, 0.1) is 21.4 Å². The average Bonchev–Trinajstić information content (AvgIpc) is 3.14. The van der Waals surface area contributed by atoms with Crippen LogP contribution in [-0.2, 0) is 16.6 Å². The highest BCUT2D eigenvalue weighted by molar-refractivity contribution is 6.13. The third kappa shape index (κ3) is 1.68. The van der Waals surface area contributed by atoms with Crippen LogP contribution in [0.25, 0.3) is 0 Å². The molecule has 0 saturated carbocycles. The molecule has 4 N–H and O–H groups in total. The number of non-ortho nitro benzene ring substituents is 1. The lowest BCUT2D eigenvalue weighted by Gasteiger charge is -2.31. The van der Waals surface area contributed by atoms with Crippen LogP contribution in [0.15, 0.2) is 29.7 Å². The molecule has 26 heavy (non-hydrogen) atoms. The van der Waals surface area contributed by atoms with E-state index in [2.05, 4.69) is 15.5 Å². The van der Waals surface area contributed by atoms with Crippen molar-refractivity contribution in [3.8, 4) is 11.9 Å². The number of carbonyl (C=O) groups excluding carboxylic acids is 1. The Morgan fingerprint density at radius 2 is 2.27 bits per heavy atom. The minimum absolute atomic E-state index is 0.0767. The number of H-pyrrole nitrogens is 1. The summed E-state index contributed by atoms with van der Waals surface area (Å²) in [5, 5.41) is 30.5. The van der Waals surface area contributed by atoms with Crippen LogP contribution in [0.5, 0.6) is 5.88 Å². The number of benzene rings is 1. The van der Waals surface area contributed by atoms with Gasteiger partial charge in [-0.2, -0.15) is 5.26 Å². The van der Waals surface area contributed by atoms with Crippen molar-refractivity contribution in [3.05, 3.63) is 56.6 Å². The molecule has 1 aromatic heterocycles. The number of nitro groups is 1. The lowest BCUT2D eigenvalue weighted by molar-refractivity contribution is -0.384. The summed E-state index contributed by atoms with van der Waals surface area (Å²) in [5.74, 6) is -0.718. The second-order valence-electron chi connectivity index (χ2n) is 5.88. The van der Waals surface area contributed by atoms with E-state index >= 15 is 0 Å². The Labute approximate surface area is 146 Å². The molecule has 4 rings (SSSR count). The predicted molar refractivity (Wildman–Crippen MR) is 87.9 cm³/mol. The number of hydrogen-bond donors (Lipinski definition) is 3. The van der Waals surface area contributed by atoms with Crippen LogP contribution < -0.4 is 15.8 Å². The first-order valence-electron chi connectivity index (χ1n) is 7.71. The fourth-order valence-electron chi connectivity index (χ4n) is 3.58. The van der Waals surface area contributed by atoms with Crippen LogP contribution >= 0.6 is 0 Å². The number of aromatic nitrogens is 2. The quantitative estimate of drug-likeness (QED) is 0.540. The molecule has 1 spiro atoms. The van der Waals surface area contributed by atoms with E-state index < -0.39 is 16.2 Å². The molecule has 0 bridgehead atoms. The lowest BCUT2D eigenvalue weighted by Crippen LogP contribution is -2.42. The first kappa shape index (κ1) is 15.6. The van der Waals surface area contributed by atoms with Crippen molar-refractivity contribution in [2.45, 2.75) is 18.8 Å². The number of nitrogens with one attached hydrogen (secondary N) is 2. The number of fused-ring (bicyclic) bond motifs is 4. The standard InChI is InChI=1S/C16H12N6O4/c1-2-10-12-14(21-20-10)26-13(18)9(6-17)16(12)8-5-7(22(24)25)3-4-11(8)19-15(16)23/h3-5H,2,18H2,1H3,(H,19,23)(H,20,21)/t16-/m0/s1. The number of nitrogens with two attached hydrogens (primary N) is 1. The van der Waals surface area contributed by atoms with Crippen molar-refractivity contribution in [3.63, 3.8) is 0 Å². The van der Waals surface area contributed by atoms with Crippen molar-refractivity contribution in [1.82, 2.24) is 10.2 Å². The highest BCUT2D eigenvalue weighted by Gasteiger charge is 2.58. The number of nitro benzene ring substituents is 1. The van der Waals surface area contributed by atoms with Gasteiger partial charge in [-0.3, -0.25) is 20.0 Å². The third-order valence-corrected chi connectivity index (χ3v) is 4.68. The number of rotatable bonds is 2. The molecule has 10 heteroatoms. The highest BCUT2D eigenvalue weighted by Crippen LogP contribution is 2.54. The monoisotopic (exact) mass is 352 g/mol. The van der Waals surface area contributed by atoms with E-state index in [9.17, 15) is 20.2 Å². The molecule has 3 heterocycles. The molecular formula is C16H12N6O4. The van der Waals surface area contributed by atoms with Crippen molar-refractivity contribution < 1.29 is 14.5 Å². The SMILES string of the molecule is CCc1[nH]nc2c1[C@@]1(C(=O)Nc3ccc([N+](=O)[O-])cc31)C(C#N)=C(N)O2. The van der Waals surface area contributed by atoms with Gasteiger partial charge in [-0.05, 0) is 12.5 Å². The summed E-state index contributed by atoms with van der Waals surface area (Å²) in [5.41, 5.74) is 5.49. The summed E-state index contributed by atoms with van der Waals surface area (Å²) in [4.78, 5) is 23.8. The van der Waals surface area contributed by atoms with E-state index in [-0.39, 0.29) is 28.6 Å². The molecule has 2 aromatic rings. The topological polar surface area (TPSA) is 160 Å². The Morgan fingerprint density at radius 3 is 2.92 bits per heavy atom. The summed E-state index contributed by atoms with van der Waals surface area (Å²) < 4.78 is 5.42. The maximum absolute atomic E-state index is 13.1. The summed E-state index contributed by atoms with van der Waals surface area (Å²) in [6.45, 7) is 1.84. The molecule has 2 aliphatic rings. The van der Waals surface area contributed by atoms with Gasteiger partial charge in [0.15, 0.2) is 0 Å². The van der Waals surface area contributed by atoms with Gasteiger partial charge in [-0.25, -0.2) is 0 Å². The number of ether oxygens (including phenoxy) is 1. The number of nitrogens with zero attached hydrogens (tertiary/aromatic N) is 3. The third-order valence-electron chi connectivity index (χ3n) is 4.68. The van der Waals surface area contributed by atoms with Gasteiger partial charge in [-0.15, -0.1) is 5.10 Å². The van der Waals surface area contributed by atoms with Crippen molar-refractivity contribution in [1.29, 1.82) is 5.26 Å². The maximum atomic E-state index is 13.1. The number of amides is 1. The molecule has 1 atom stereocenters. The van der Waals surface area contributed by atoms with E-state index in [1.165, 1.54) is 18.2 Å². The maximum Gasteiger partial charge on any atom is 0.269 e. The van der Waals surface area contributed by atoms with Gasteiger partial charge in [0.05, 0.1) is 10.5 Å². The Kier molecular flexibility index (Phi) is 3.05. The predicted octanol–water partition coefficient (Wildman–Crippen LogP) is 1.20. The Hall–Kier alpha value is -3.87. The summed E-state index contributed by atoms with van der Waals surface area (Å²) in [6, 6.07) is 5.94. The number of carbonyl (C=O) groups is 1. The highest BCUT2D eigenvalue weighted by atomic mass is 16.6. The molecule has 1 amide bonds. The van der Waals surface area contributed by atoms with E-state index in [4.69, 9.17) is 10.5 Å². The van der Waals surface area contributed by atoms with Gasteiger partial charge >= 0.3 is 0 Å². The zero-order chi connectivity index (χ0) is 18.6. The van der Waals surface area contributed by atoms with Crippen LogP contribution in [0.1, 0.15) is 23.7 Å². The van der Waals surface area contributed by atoms with Gasteiger partial charge < -0.3 is 15.8 Å². The van der Waals surface area contributed by atoms with E-state index in [0.717, 1.165) is 0 Å². The second kappa shape index (κ2) is 5.06. The Balaban J connectivity index is 2.15. The molecule has 0 fully saturated rings. The van der Waals surface area contributed by atoms with E-state index in [1.807, 2.05) is 13.0 Å². The van der Waals surface area contributed by atoms with E-state index in [0.29, 0.717) is 23.4 Å². The van der Waals surface area contributed by atoms with Crippen LogP contribution in [0.4, 0.5) is 11.4 Å². The van der Waals surface area contributed by atoms with E-state index in [1.54, 1.807) is 0 Å². The number of hydrogen-bond acceptors (Lipinski definition) is 7. The zero-order valence-electron chi connectivity index (χ0n) is 13.5. The summed E-state index contributed by atoms with van der Waals surface area (Å²) >= 11 is 0. The fraction of sp³-hybridized carbons (Fsp3) is 0.188. The molecular weight excluding hydrogens is 340 g/mol. The molecule has 2 aliphatic heterocycles. The van der Waals surface area contributed by atoms with Crippen molar-refractivity contribution >= 4 is 17.3 Å². The largest absolute Gasteiger partial charge is 0.420 e. The fourth-order valence-corrected chi connectivity index (χ4v) is 3.58. The minimum Gasteiger partial charge on any atom is -0.420 e. The second-order valence-corrected chi connectivity index (χ2v) is 5.88. The average molecular weight is 352 g/mol. The Bertz CT molecular complexity index is 1060. The molecule has 0 radical (unpaired) electrons. The number of aromatic amines is 1. The van der Waals surface area contributed by atoms with Crippen LogP contribution in [0.3, 0.4) is 0 Å². The van der Waals surface area contributed by atoms with Gasteiger partial charge in [0.2, 0.25) is 17.7 Å². The number of anilines is 1. The van der Waals surface area contributed by atoms with Gasteiger partial charge in [0.25, 0.3) is 5.69 Å². The van der Waals surface area contributed by atoms with Crippen molar-refractivity contribution in [2.24, 2.45) is 5.73 Å². The van der Waals surface area contributed by atoms with Crippen LogP contribution in [0.2, 0.25) is 0 Å². The molecule has 0 aliphatic carbocycles.